The number of nitrogens with two attached hydrogens (primary N) is 1. The molecule has 0 aliphatic rings. The average molecular weight is 193 g/mol. The van der Waals surface area contributed by atoms with Crippen LogP contribution in [0.5, 0.6) is 0 Å². The third-order valence-electron chi connectivity index (χ3n) is 2.49. The van der Waals surface area contributed by atoms with Crippen LogP contribution in [0.15, 0.2) is 30.3 Å². The Hall–Kier alpha value is -0.860. The molecule has 14 heavy (non-hydrogen) atoms. The number of aliphatic hydroxyl groups is 1. The Morgan fingerprint density at radius 3 is 2.29 bits per heavy atom. The van der Waals surface area contributed by atoms with Crippen molar-refractivity contribution in [2.75, 3.05) is 0 Å². The first-order chi connectivity index (χ1) is 6.61. The summed E-state index contributed by atoms with van der Waals surface area (Å²) in [5.41, 5.74) is 7.06. The second-order valence-corrected chi connectivity index (χ2v) is 4.06. The SMILES string of the molecule is CC(C)[C@@H](O)C[C@@H](N)c1ccccc1. The van der Waals surface area contributed by atoms with Crippen molar-refractivity contribution in [1.82, 2.24) is 0 Å². The molecule has 0 saturated carbocycles. The zero-order valence-electron chi connectivity index (χ0n) is 8.85. The van der Waals surface area contributed by atoms with Crippen molar-refractivity contribution in [1.29, 1.82) is 0 Å². The number of benzene rings is 1. The summed E-state index contributed by atoms with van der Waals surface area (Å²) in [6.45, 7) is 4.00. The Kier molecular flexibility index (Phi) is 4.11. The van der Waals surface area contributed by atoms with E-state index in [2.05, 4.69) is 0 Å². The second kappa shape index (κ2) is 5.13. The molecule has 78 valence electrons. The Balaban J connectivity index is 2.55. The van der Waals surface area contributed by atoms with Gasteiger partial charge in [-0.15, -0.1) is 0 Å². The van der Waals surface area contributed by atoms with Gasteiger partial charge in [0.15, 0.2) is 0 Å². The van der Waals surface area contributed by atoms with Crippen molar-refractivity contribution in [3.8, 4) is 0 Å². The molecule has 0 unspecified atom stereocenters. The molecule has 0 fully saturated rings. The highest BCUT2D eigenvalue weighted by atomic mass is 16.3. The van der Waals surface area contributed by atoms with Gasteiger partial charge in [0.05, 0.1) is 6.10 Å². The zero-order chi connectivity index (χ0) is 10.6. The Labute approximate surface area is 85.8 Å². The molecule has 3 N–H and O–H groups in total. The quantitative estimate of drug-likeness (QED) is 0.769. The number of hydrogen-bond donors (Lipinski definition) is 2. The first-order valence-electron chi connectivity index (χ1n) is 5.10. The molecule has 2 atom stereocenters. The predicted octanol–water partition coefficient (Wildman–Crippen LogP) is 2.09. The normalized spacial score (nSPS) is 15.5. The van der Waals surface area contributed by atoms with Gasteiger partial charge >= 0.3 is 0 Å². The Bertz CT molecular complexity index is 258. The van der Waals surface area contributed by atoms with Gasteiger partial charge in [-0.3, -0.25) is 0 Å². The largest absolute Gasteiger partial charge is 0.393 e. The third kappa shape index (κ3) is 3.13. The highest BCUT2D eigenvalue weighted by molar-refractivity contribution is 5.18. The first kappa shape index (κ1) is 11.2. The zero-order valence-corrected chi connectivity index (χ0v) is 8.85. The van der Waals surface area contributed by atoms with Gasteiger partial charge in [0.25, 0.3) is 0 Å². The highest BCUT2D eigenvalue weighted by Crippen LogP contribution is 2.18. The molecular weight excluding hydrogens is 174 g/mol. The summed E-state index contributed by atoms with van der Waals surface area (Å²) in [5, 5.41) is 9.68. The average Bonchev–Trinajstić information content (AvgIpc) is 2.19. The summed E-state index contributed by atoms with van der Waals surface area (Å²) < 4.78 is 0. The molecule has 0 radical (unpaired) electrons. The molecule has 1 aromatic rings. The molecule has 0 saturated heterocycles. The Morgan fingerprint density at radius 2 is 1.79 bits per heavy atom. The van der Waals surface area contributed by atoms with Gasteiger partial charge in [-0.05, 0) is 17.9 Å². The van der Waals surface area contributed by atoms with E-state index >= 15 is 0 Å². The van der Waals surface area contributed by atoms with E-state index in [-0.39, 0.29) is 18.1 Å². The van der Waals surface area contributed by atoms with E-state index in [0.717, 1.165) is 5.56 Å². The first-order valence-corrected chi connectivity index (χ1v) is 5.10. The Morgan fingerprint density at radius 1 is 1.21 bits per heavy atom. The molecule has 0 aliphatic heterocycles. The maximum atomic E-state index is 9.68. The van der Waals surface area contributed by atoms with Gasteiger partial charge in [0, 0.05) is 6.04 Å². The fraction of sp³-hybridized carbons (Fsp3) is 0.500. The minimum atomic E-state index is -0.315. The molecule has 0 aliphatic carbocycles. The van der Waals surface area contributed by atoms with Gasteiger partial charge in [-0.25, -0.2) is 0 Å². The molecule has 1 aromatic carbocycles. The molecular formula is C12H19NO. The van der Waals surface area contributed by atoms with Crippen LogP contribution in [0, 0.1) is 5.92 Å². The van der Waals surface area contributed by atoms with E-state index in [1.807, 2.05) is 44.2 Å². The summed E-state index contributed by atoms with van der Waals surface area (Å²) in [6.07, 6.45) is 0.312. The number of hydrogen-bond acceptors (Lipinski definition) is 2. The maximum absolute atomic E-state index is 9.68. The second-order valence-electron chi connectivity index (χ2n) is 4.06. The van der Waals surface area contributed by atoms with Gasteiger partial charge in [-0.2, -0.15) is 0 Å². The van der Waals surface area contributed by atoms with Crippen LogP contribution in [0.2, 0.25) is 0 Å². The fourth-order valence-electron chi connectivity index (χ4n) is 1.37. The predicted molar refractivity (Wildman–Crippen MR) is 58.8 cm³/mol. The van der Waals surface area contributed by atoms with E-state index in [4.69, 9.17) is 5.73 Å². The van der Waals surface area contributed by atoms with Gasteiger partial charge in [0.1, 0.15) is 0 Å². The lowest BCUT2D eigenvalue weighted by Crippen LogP contribution is -2.22. The highest BCUT2D eigenvalue weighted by Gasteiger charge is 2.14. The van der Waals surface area contributed by atoms with Crippen LogP contribution >= 0.6 is 0 Å². The van der Waals surface area contributed by atoms with Gasteiger partial charge in [0.2, 0.25) is 0 Å². The standard InChI is InChI=1S/C12H19NO/c1-9(2)12(14)8-11(13)10-6-4-3-5-7-10/h3-7,9,11-12,14H,8,13H2,1-2H3/t11-,12+/m1/s1. The minimum Gasteiger partial charge on any atom is -0.393 e. The smallest absolute Gasteiger partial charge is 0.0581 e. The van der Waals surface area contributed by atoms with Crippen molar-refractivity contribution in [2.24, 2.45) is 11.7 Å². The van der Waals surface area contributed by atoms with E-state index in [1.54, 1.807) is 0 Å². The summed E-state index contributed by atoms with van der Waals surface area (Å²) in [4.78, 5) is 0. The van der Waals surface area contributed by atoms with Crippen molar-refractivity contribution >= 4 is 0 Å². The van der Waals surface area contributed by atoms with E-state index in [9.17, 15) is 5.11 Å². The molecule has 0 bridgehead atoms. The topological polar surface area (TPSA) is 46.2 Å². The van der Waals surface area contributed by atoms with E-state index in [0.29, 0.717) is 6.42 Å². The fourth-order valence-corrected chi connectivity index (χ4v) is 1.37. The van der Waals surface area contributed by atoms with Crippen LogP contribution in [0.4, 0.5) is 0 Å². The number of rotatable bonds is 4. The van der Waals surface area contributed by atoms with Crippen molar-refractivity contribution in [3.05, 3.63) is 35.9 Å². The molecule has 0 aromatic heterocycles. The molecule has 0 heterocycles. The minimum absolute atomic E-state index is 0.0615. The van der Waals surface area contributed by atoms with Crippen molar-refractivity contribution in [3.63, 3.8) is 0 Å². The van der Waals surface area contributed by atoms with Crippen LogP contribution in [-0.4, -0.2) is 11.2 Å². The van der Waals surface area contributed by atoms with Crippen LogP contribution in [0.3, 0.4) is 0 Å². The van der Waals surface area contributed by atoms with Crippen LogP contribution in [0.1, 0.15) is 31.9 Å². The lowest BCUT2D eigenvalue weighted by Gasteiger charge is -2.19. The summed E-state index contributed by atoms with van der Waals surface area (Å²) in [7, 11) is 0. The van der Waals surface area contributed by atoms with Gasteiger partial charge < -0.3 is 10.8 Å². The summed E-state index contributed by atoms with van der Waals surface area (Å²) >= 11 is 0. The van der Waals surface area contributed by atoms with Crippen LogP contribution < -0.4 is 5.73 Å². The van der Waals surface area contributed by atoms with E-state index in [1.165, 1.54) is 0 Å². The van der Waals surface area contributed by atoms with Crippen LogP contribution in [0.25, 0.3) is 0 Å². The lowest BCUT2D eigenvalue weighted by atomic mass is 9.96. The van der Waals surface area contributed by atoms with Crippen LogP contribution in [-0.2, 0) is 0 Å². The number of aliphatic hydroxyl groups excluding tert-OH is 1. The summed E-state index contributed by atoms with van der Waals surface area (Å²) in [5.74, 6) is 0.268. The lowest BCUT2D eigenvalue weighted by molar-refractivity contribution is 0.108. The maximum Gasteiger partial charge on any atom is 0.0581 e. The molecule has 2 heteroatoms. The summed E-state index contributed by atoms with van der Waals surface area (Å²) in [6, 6.07) is 9.84. The van der Waals surface area contributed by atoms with E-state index < -0.39 is 0 Å². The monoisotopic (exact) mass is 193 g/mol. The third-order valence-corrected chi connectivity index (χ3v) is 2.49. The van der Waals surface area contributed by atoms with Crippen molar-refractivity contribution < 1.29 is 5.11 Å². The molecule has 0 spiro atoms. The molecule has 1 rings (SSSR count). The van der Waals surface area contributed by atoms with Gasteiger partial charge in [-0.1, -0.05) is 44.2 Å². The molecule has 0 amide bonds. The molecule has 2 nitrogen and oxygen atoms in total. The van der Waals surface area contributed by atoms with Crippen molar-refractivity contribution in [2.45, 2.75) is 32.4 Å².